The van der Waals surface area contributed by atoms with Gasteiger partial charge in [-0.25, -0.2) is 4.79 Å². The molecule has 0 aliphatic rings. The molecule has 1 atom stereocenters. The van der Waals surface area contributed by atoms with Crippen molar-refractivity contribution in [2.45, 2.75) is 122 Å². The van der Waals surface area contributed by atoms with Crippen molar-refractivity contribution < 1.29 is 43.7 Å². The zero-order valence-corrected chi connectivity index (χ0v) is 25.6. The lowest BCUT2D eigenvalue weighted by atomic mass is 10.0. The Morgan fingerprint density at radius 3 is 1.76 bits per heavy atom. The number of carboxylic acid groups (broad SMARTS) is 2. The Balaban J connectivity index is 3.73. The van der Waals surface area contributed by atoms with E-state index in [1.807, 2.05) is 0 Å². The first-order valence-corrected chi connectivity index (χ1v) is 15.7. The molecule has 0 aromatic heterocycles. The number of amides is 3. The quantitative estimate of drug-likeness (QED) is 0.0769. The molecule has 0 spiro atoms. The Morgan fingerprint density at radius 2 is 1.17 bits per heavy atom. The van der Waals surface area contributed by atoms with Gasteiger partial charge >= 0.3 is 11.9 Å². The highest BCUT2D eigenvalue weighted by atomic mass is 16.5. The van der Waals surface area contributed by atoms with Gasteiger partial charge in [-0.15, -0.1) is 0 Å². The normalized spacial score (nSPS) is 11.5. The minimum atomic E-state index is -1.17. The van der Waals surface area contributed by atoms with Crippen LogP contribution in [0.15, 0.2) is 0 Å². The predicted molar refractivity (Wildman–Crippen MR) is 159 cm³/mol. The Bertz CT molecular complexity index is 750. The third-order valence-electron chi connectivity index (χ3n) is 6.61. The van der Waals surface area contributed by atoms with Gasteiger partial charge in [0.1, 0.15) is 12.6 Å². The van der Waals surface area contributed by atoms with E-state index in [9.17, 15) is 29.1 Å². The third-order valence-corrected chi connectivity index (χ3v) is 6.61. The van der Waals surface area contributed by atoms with E-state index in [2.05, 4.69) is 22.9 Å². The van der Waals surface area contributed by atoms with Gasteiger partial charge < -0.3 is 35.6 Å². The molecular formula is C30H55N3O9. The molecule has 12 heteroatoms. The second-order valence-electron chi connectivity index (χ2n) is 10.5. The van der Waals surface area contributed by atoms with E-state index >= 15 is 0 Å². The maximum atomic E-state index is 12.2. The van der Waals surface area contributed by atoms with Crippen LogP contribution in [0, 0.1) is 0 Å². The second kappa shape index (κ2) is 28.4. The molecule has 0 saturated heterocycles. The van der Waals surface area contributed by atoms with Gasteiger partial charge in [-0.3, -0.25) is 19.2 Å². The summed E-state index contributed by atoms with van der Waals surface area (Å²) in [5.74, 6) is -2.71. The topological polar surface area (TPSA) is 180 Å². The van der Waals surface area contributed by atoms with E-state index in [4.69, 9.17) is 14.6 Å². The van der Waals surface area contributed by atoms with Crippen molar-refractivity contribution >= 4 is 29.7 Å². The maximum absolute atomic E-state index is 12.2. The Labute approximate surface area is 251 Å². The number of carboxylic acids is 2. The molecule has 0 rings (SSSR count). The lowest BCUT2D eigenvalue weighted by Crippen LogP contribution is -2.41. The van der Waals surface area contributed by atoms with Gasteiger partial charge in [0.05, 0.1) is 19.8 Å². The van der Waals surface area contributed by atoms with Crippen molar-refractivity contribution in [1.82, 2.24) is 16.0 Å². The van der Waals surface area contributed by atoms with E-state index in [1.165, 1.54) is 0 Å². The summed E-state index contributed by atoms with van der Waals surface area (Å²) in [5.41, 5.74) is 0. The van der Waals surface area contributed by atoms with Crippen molar-refractivity contribution in [3.63, 3.8) is 0 Å². The Kier molecular flexibility index (Phi) is 26.5. The molecule has 0 heterocycles. The summed E-state index contributed by atoms with van der Waals surface area (Å²) in [4.78, 5) is 57.8. The first-order chi connectivity index (χ1) is 20.3. The zero-order valence-electron chi connectivity index (χ0n) is 25.6. The molecule has 3 amide bonds. The fourth-order valence-electron chi connectivity index (χ4n) is 4.16. The van der Waals surface area contributed by atoms with Gasteiger partial charge in [0.25, 0.3) is 0 Å². The van der Waals surface area contributed by atoms with E-state index in [0.717, 1.165) is 77.0 Å². The molecule has 12 nitrogen and oxygen atoms in total. The van der Waals surface area contributed by atoms with Crippen LogP contribution in [0.1, 0.15) is 116 Å². The highest BCUT2D eigenvalue weighted by Gasteiger charge is 2.20. The third kappa shape index (κ3) is 27.4. The number of hydrogen-bond acceptors (Lipinski definition) is 7. The summed E-state index contributed by atoms with van der Waals surface area (Å²) in [6, 6.07) is -1.11. The highest BCUT2D eigenvalue weighted by Crippen LogP contribution is 2.12. The molecule has 244 valence electrons. The SMILES string of the molecule is CCCCCNC(=O)COCCOCCNC(=O)CC[C@H](NC(=O)CCCCCCCCCCCCC(=O)O)C(=O)O. The summed E-state index contributed by atoms with van der Waals surface area (Å²) in [6.45, 7) is 3.78. The lowest BCUT2D eigenvalue weighted by molar-refractivity contribution is -0.142. The minimum absolute atomic E-state index is 0.00157. The average molecular weight is 602 g/mol. The van der Waals surface area contributed by atoms with Crippen molar-refractivity contribution in [2.75, 3.05) is 39.5 Å². The van der Waals surface area contributed by atoms with Crippen LogP contribution >= 0.6 is 0 Å². The number of carbonyl (C=O) groups is 5. The number of rotatable bonds is 30. The van der Waals surface area contributed by atoms with Crippen LogP contribution in [-0.2, 0) is 33.4 Å². The fourth-order valence-corrected chi connectivity index (χ4v) is 4.16. The molecule has 0 saturated carbocycles. The lowest BCUT2D eigenvalue weighted by Gasteiger charge is -2.14. The highest BCUT2D eigenvalue weighted by molar-refractivity contribution is 5.84. The molecule has 0 aliphatic heterocycles. The number of hydrogen-bond donors (Lipinski definition) is 5. The Hall–Kier alpha value is -2.73. The molecule has 5 N–H and O–H groups in total. The first kappa shape index (κ1) is 39.3. The van der Waals surface area contributed by atoms with Gasteiger partial charge in [0, 0.05) is 32.4 Å². The largest absolute Gasteiger partial charge is 0.481 e. The van der Waals surface area contributed by atoms with Crippen LogP contribution < -0.4 is 16.0 Å². The van der Waals surface area contributed by atoms with Crippen LogP contribution in [0.4, 0.5) is 0 Å². The zero-order chi connectivity index (χ0) is 31.3. The summed E-state index contributed by atoms with van der Waals surface area (Å²) >= 11 is 0. The van der Waals surface area contributed by atoms with E-state index in [0.29, 0.717) is 13.0 Å². The summed E-state index contributed by atoms with van der Waals surface area (Å²) in [7, 11) is 0. The van der Waals surface area contributed by atoms with Crippen molar-refractivity contribution in [3.8, 4) is 0 Å². The molecule has 0 fully saturated rings. The maximum Gasteiger partial charge on any atom is 0.326 e. The molecule has 0 aliphatic carbocycles. The Morgan fingerprint density at radius 1 is 0.595 bits per heavy atom. The molecule has 0 unspecified atom stereocenters. The summed E-state index contributed by atoms with van der Waals surface area (Å²) in [6.07, 6.45) is 13.4. The van der Waals surface area contributed by atoms with Crippen molar-refractivity contribution in [1.29, 1.82) is 0 Å². The van der Waals surface area contributed by atoms with Crippen LogP contribution in [0.5, 0.6) is 0 Å². The molecule has 0 radical (unpaired) electrons. The van der Waals surface area contributed by atoms with Crippen LogP contribution in [0.2, 0.25) is 0 Å². The van der Waals surface area contributed by atoms with Crippen LogP contribution in [0.25, 0.3) is 0 Å². The molecule has 0 bridgehead atoms. The van der Waals surface area contributed by atoms with E-state index in [-0.39, 0.29) is 76.4 Å². The number of carbonyl (C=O) groups excluding carboxylic acids is 3. The summed E-state index contributed by atoms with van der Waals surface area (Å²) < 4.78 is 10.6. The predicted octanol–water partition coefficient (Wildman–Crippen LogP) is 3.56. The van der Waals surface area contributed by atoms with Gasteiger partial charge in [-0.1, -0.05) is 71.1 Å². The van der Waals surface area contributed by atoms with Crippen LogP contribution in [0.3, 0.4) is 0 Å². The number of ether oxygens (including phenoxy) is 2. The van der Waals surface area contributed by atoms with Crippen molar-refractivity contribution in [3.05, 3.63) is 0 Å². The second-order valence-corrected chi connectivity index (χ2v) is 10.5. The molecule has 0 aromatic carbocycles. The molecular weight excluding hydrogens is 546 g/mol. The standard InChI is InChI=1S/C30H55N3O9/c1-2-3-14-19-31-28(36)24-42-23-22-41-21-20-32-26(34)18-17-25(30(39)40)33-27(35)15-12-10-8-6-4-5-7-9-11-13-16-29(37)38/h25H,2-24H2,1H3,(H,31,36)(H,32,34)(H,33,35)(H,37,38)(H,39,40)/t25-/m0/s1. The molecule has 42 heavy (non-hydrogen) atoms. The van der Waals surface area contributed by atoms with Gasteiger partial charge in [0.15, 0.2) is 0 Å². The monoisotopic (exact) mass is 601 g/mol. The molecule has 0 aromatic rings. The van der Waals surface area contributed by atoms with E-state index in [1.54, 1.807) is 0 Å². The van der Waals surface area contributed by atoms with Gasteiger partial charge in [0.2, 0.25) is 17.7 Å². The van der Waals surface area contributed by atoms with Crippen LogP contribution in [-0.4, -0.2) is 85.4 Å². The fraction of sp³-hybridized carbons (Fsp3) is 0.833. The van der Waals surface area contributed by atoms with Gasteiger partial charge in [-0.05, 0) is 25.7 Å². The average Bonchev–Trinajstić information content (AvgIpc) is 2.95. The van der Waals surface area contributed by atoms with Gasteiger partial charge in [-0.2, -0.15) is 0 Å². The summed E-state index contributed by atoms with van der Waals surface area (Å²) in [5, 5.41) is 26.0. The number of nitrogens with one attached hydrogen (secondary N) is 3. The van der Waals surface area contributed by atoms with E-state index < -0.39 is 18.0 Å². The number of unbranched alkanes of at least 4 members (excludes halogenated alkanes) is 11. The minimum Gasteiger partial charge on any atom is -0.481 e. The smallest absolute Gasteiger partial charge is 0.326 e. The number of aliphatic carboxylic acids is 2. The first-order valence-electron chi connectivity index (χ1n) is 15.7. The van der Waals surface area contributed by atoms with Crippen molar-refractivity contribution in [2.24, 2.45) is 0 Å².